The van der Waals surface area contributed by atoms with Crippen LogP contribution in [0.15, 0.2) is 18.2 Å². The molecule has 2 atom stereocenters. The standard InChI is InChI=1S/C12H15ClO3/c1-8(13)12(14)9-3-4-10-11(7-9)16-6-2-5-15-10/h3-4,7-8,12,14H,2,5-6H2,1H3. The Morgan fingerprint density at radius 1 is 1.25 bits per heavy atom. The Morgan fingerprint density at radius 3 is 2.62 bits per heavy atom. The fourth-order valence-electron chi connectivity index (χ4n) is 1.63. The first-order valence-corrected chi connectivity index (χ1v) is 5.84. The molecular formula is C12H15ClO3. The van der Waals surface area contributed by atoms with Crippen LogP contribution in [0.1, 0.15) is 25.0 Å². The van der Waals surface area contributed by atoms with E-state index >= 15 is 0 Å². The Balaban J connectivity index is 2.27. The number of rotatable bonds is 2. The molecule has 1 aromatic rings. The summed E-state index contributed by atoms with van der Waals surface area (Å²) in [6.45, 7) is 3.07. The molecule has 3 nitrogen and oxygen atoms in total. The van der Waals surface area contributed by atoms with Crippen molar-refractivity contribution in [2.45, 2.75) is 24.8 Å². The van der Waals surface area contributed by atoms with E-state index in [0.717, 1.165) is 17.7 Å². The van der Waals surface area contributed by atoms with Gasteiger partial charge in [0.1, 0.15) is 0 Å². The van der Waals surface area contributed by atoms with Crippen LogP contribution in [0, 0.1) is 0 Å². The van der Waals surface area contributed by atoms with Crippen molar-refractivity contribution in [1.29, 1.82) is 0 Å². The molecule has 0 saturated heterocycles. The number of benzene rings is 1. The second kappa shape index (κ2) is 4.93. The average Bonchev–Trinajstić information content (AvgIpc) is 2.51. The van der Waals surface area contributed by atoms with Crippen LogP contribution in [0.5, 0.6) is 11.5 Å². The number of aliphatic hydroxyl groups is 1. The third kappa shape index (κ3) is 2.42. The van der Waals surface area contributed by atoms with Crippen molar-refractivity contribution in [2.24, 2.45) is 0 Å². The second-order valence-corrected chi connectivity index (χ2v) is 4.57. The van der Waals surface area contributed by atoms with E-state index in [1.165, 1.54) is 0 Å². The van der Waals surface area contributed by atoms with Crippen LogP contribution in [0.4, 0.5) is 0 Å². The molecule has 1 N–H and O–H groups in total. The number of aliphatic hydroxyl groups excluding tert-OH is 1. The fraction of sp³-hybridized carbons (Fsp3) is 0.500. The van der Waals surface area contributed by atoms with Crippen molar-refractivity contribution >= 4 is 11.6 Å². The SMILES string of the molecule is CC(Cl)C(O)c1ccc2c(c1)OCCCO2. The van der Waals surface area contributed by atoms with E-state index < -0.39 is 6.10 Å². The van der Waals surface area contributed by atoms with Gasteiger partial charge in [-0.3, -0.25) is 0 Å². The molecule has 0 spiro atoms. The van der Waals surface area contributed by atoms with Crippen LogP contribution >= 0.6 is 11.6 Å². The summed E-state index contributed by atoms with van der Waals surface area (Å²) in [6, 6.07) is 5.43. The first-order chi connectivity index (χ1) is 7.68. The lowest BCUT2D eigenvalue weighted by molar-refractivity contribution is 0.176. The highest BCUT2D eigenvalue weighted by atomic mass is 35.5. The maximum absolute atomic E-state index is 9.84. The molecule has 1 aliphatic heterocycles. The van der Waals surface area contributed by atoms with Gasteiger partial charge in [-0.15, -0.1) is 11.6 Å². The summed E-state index contributed by atoms with van der Waals surface area (Å²) in [7, 11) is 0. The van der Waals surface area contributed by atoms with E-state index in [2.05, 4.69) is 0 Å². The lowest BCUT2D eigenvalue weighted by atomic mass is 10.1. The third-order valence-corrected chi connectivity index (χ3v) is 2.79. The Bertz CT molecular complexity index is 365. The molecule has 0 aliphatic carbocycles. The molecule has 0 radical (unpaired) electrons. The minimum Gasteiger partial charge on any atom is -0.490 e. The van der Waals surface area contributed by atoms with Gasteiger partial charge in [0.15, 0.2) is 11.5 Å². The van der Waals surface area contributed by atoms with Crippen molar-refractivity contribution in [3.05, 3.63) is 23.8 Å². The summed E-state index contributed by atoms with van der Waals surface area (Å²) in [5, 5.41) is 9.51. The monoisotopic (exact) mass is 242 g/mol. The molecule has 0 amide bonds. The third-order valence-electron chi connectivity index (χ3n) is 2.55. The van der Waals surface area contributed by atoms with Gasteiger partial charge in [-0.2, -0.15) is 0 Å². The number of halogens is 1. The Hall–Kier alpha value is -0.930. The van der Waals surface area contributed by atoms with Gasteiger partial charge >= 0.3 is 0 Å². The summed E-state index contributed by atoms with van der Waals surface area (Å²) in [6.07, 6.45) is 0.192. The Labute approximate surface area is 99.9 Å². The summed E-state index contributed by atoms with van der Waals surface area (Å²) in [5.41, 5.74) is 0.756. The number of fused-ring (bicyclic) bond motifs is 1. The highest BCUT2D eigenvalue weighted by Gasteiger charge is 2.17. The van der Waals surface area contributed by atoms with Crippen LogP contribution in [0.25, 0.3) is 0 Å². The van der Waals surface area contributed by atoms with Gasteiger partial charge < -0.3 is 14.6 Å². The molecule has 1 heterocycles. The number of ether oxygens (including phenoxy) is 2. The summed E-state index contributed by atoms with van der Waals surface area (Å²) in [4.78, 5) is 0. The molecule has 0 bridgehead atoms. The lowest BCUT2D eigenvalue weighted by Crippen LogP contribution is -2.08. The van der Waals surface area contributed by atoms with Gasteiger partial charge in [0, 0.05) is 6.42 Å². The topological polar surface area (TPSA) is 38.7 Å². The van der Waals surface area contributed by atoms with Crippen molar-refractivity contribution in [2.75, 3.05) is 13.2 Å². The molecule has 1 aliphatic rings. The van der Waals surface area contributed by atoms with Gasteiger partial charge in [0.05, 0.1) is 24.7 Å². The van der Waals surface area contributed by atoms with Gasteiger partial charge in [0.2, 0.25) is 0 Å². The molecule has 4 heteroatoms. The smallest absolute Gasteiger partial charge is 0.161 e. The van der Waals surface area contributed by atoms with E-state index in [4.69, 9.17) is 21.1 Å². The zero-order valence-electron chi connectivity index (χ0n) is 9.15. The van der Waals surface area contributed by atoms with Crippen LogP contribution in [-0.2, 0) is 0 Å². The zero-order chi connectivity index (χ0) is 11.5. The maximum Gasteiger partial charge on any atom is 0.161 e. The maximum atomic E-state index is 9.84. The molecule has 2 rings (SSSR count). The largest absolute Gasteiger partial charge is 0.490 e. The van der Waals surface area contributed by atoms with Crippen LogP contribution in [-0.4, -0.2) is 23.7 Å². The number of hydrogen-bond acceptors (Lipinski definition) is 3. The van der Waals surface area contributed by atoms with E-state index in [1.807, 2.05) is 12.1 Å². The van der Waals surface area contributed by atoms with E-state index in [9.17, 15) is 5.11 Å². The van der Waals surface area contributed by atoms with Crippen molar-refractivity contribution in [3.8, 4) is 11.5 Å². The summed E-state index contributed by atoms with van der Waals surface area (Å²) >= 11 is 5.86. The summed E-state index contributed by atoms with van der Waals surface area (Å²) < 4.78 is 11.0. The van der Waals surface area contributed by atoms with E-state index in [-0.39, 0.29) is 5.38 Å². The van der Waals surface area contributed by atoms with Gasteiger partial charge in [-0.25, -0.2) is 0 Å². The van der Waals surface area contributed by atoms with Crippen molar-refractivity contribution < 1.29 is 14.6 Å². The molecule has 1 aromatic carbocycles. The molecule has 2 unspecified atom stereocenters. The number of alkyl halides is 1. The van der Waals surface area contributed by atoms with E-state index in [1.54, 1.807) is 13.0 Å². The zero-order valence-corrected chi connectivity index (χ0v) is 9.91. The molecule has 0 saturated carbocycles. The molecule has 16 heavy (non-hydrogen) atoms. The van der Waals surface area contributed by atoms with Crippen molar-refractivity contribution in [3.63, 3.8) is 0 Å². The lowest BCUT2D eigenvalue weighted by Gasteiger charge is -2.15. The quantitative estimate of drug-likeness (QED) is 0.810. The Morgan fingerprint density at radius 2 is 1.94 bits per heavy atom. The first kappa shape index (κ1) is 11.6. The van der Waals surface area contributed by atoms with Gasteiger partial charge in [-0.1, -0.05) is 6.07 Å². The highest BCUT2D eigenvalue weighted by molar-refractivity contribution is 6.20. The molecule has 0 aromatic heterocycles. The summed E-state index contributed by atoms with van der Waals surface area (Å²) in [5.74, 6) is 1.42. The fourth-order valence-corrected chi connectivity index (χ4v) is 1.77. The predicted octanol–water partition coefficient (Wildman–Crippen LogP) is 2.51. The first-order valence-electron chi connectivity index (χ1n) is 5.40. The second-order valence-electron chi connectivity index (χ2n) is 3.88. The highest BCUT2D eigenvalue weighted by Crippen LogP contribution is 2.33. The van der Waals surface area contributed by atoms with Crippen molar-refractivity contribution in [1.82, 2.24) is 0 Å². The van der Waals surface area contributed by atoms with E-state index in [0.29, 0.717) is 19.0 Å². The van der Waals surface area contributed by atoms with Crippen LogP contribution < -0.4 is 9.47 Å². The molecule has 88 valence electrons. The van der Waals surface area contributed by atoms with Gasteiger partial charge in [-0.05, 0) is 24.6 Å². The number of hydrogen-bond donors (Lipinski definition) is 1. The normalized spacial score (nSPS) is 18.7. The van der Waals surface area contributed by atoms with Gasteiger partial charge in [0.25, 0.3) is 0 Å². The average molecular weight is 243 g/mol. The minimum absolute atomic E-state index is 0.329. The van der Waals surface area contributed by atoms with Crippen LogP contribution in [0.2, 0.25) is 0 Å². The van der Waals surface area contributed by atoms with Crippen LogP contribution in [0.3, 0.4) is 0 Å². The molecular weight excluding hydrogens is 228 g/mol. The molecule has 0 fully saturated rings. The predicted molar refractivity (Wildman–Crippen MR) is 62.3 cm³/mol. The minimum atomic E-state index is -0.682. The Kier molecular flexibility index (Phi) is 3.56.